The molecule has 34 heavy (non-hydrogen) atoms. The van der Waals surface area contributed by atoms with E-state index < -0.39 is 4.92 Å². The number of non-ortho nitro benzene ring substituents is 1. The van der Waals surface area contributed by atoms with E-state index in [0.717, 1.165) is 21.7 Å². The molecule has 0 spiro atoms. The average Bonchev–Trinajstić information content (AvgIpc) is 3.33. The Morgan fingerprint density at radius 2 is 1.82 bits per heavy atom. The first-order valence-electron chi connectivity index (χ1n) is 10.3. The molecule has 0 bridgehead atoms. The van der Waals surface area contributed by atoms with E-state index in [1.807, 2.05) is 36.6 Å². The molecule has 0 atom stereocenters. The molecule has 1 N–H and O–H groups in total. The number of nitro benzene ring substituents is 1. The predicted molar refractivity (Wildman–Crippen MR) is 135 cm³/mol. The van der Waals surface area contributed by atoms with Crippen LogP contribution in [0.5, 0.6) is 0 Å². The van der Waals surface area contributed by atoms with Crippen molar-refractivity contribution in [1.29, 1.82) is 0 Å². The number of aromatic nitrogens is 1. The molecule has 2 heterocycles. The van der Waals surface area contributed by atoms with Crippen molar-refractivity contribution < 1.29 is 9.34 Å². The lowest BCUT2D eigenvalue weighted by atomic mass is 10.1. The highest BCUT2D eigenvalue weighted by atomic mass is 35.5. The van der Waals surface area contributed by atoms with E-state index >= 15 is 0 Å². The van der Waals surface area contributed by atoms with E-state index in [2.05, 4.69) is 22.7 Å². The molecule has 0 fully saturated rings. The summed E-state index contributed by atoms with van der Waals surface area (Å²) in [7, 11) is 0. The van der Waals surface area contributed by atoms with Gasteiger partial charge in [-0.25, -0.2) is 4.98 Å². The molecule has 0 radical (unpaired) electrons. The van der Waals surface area contributed by atoms with Gasteiger partial charge in [-0.2, -0.15) is 0 Å². The summed E-state index contributed by atoms with van der Waals surface area (Å²) in [4.78, 5) is 15.3. The second kappa shape index (κ2) is 9.09. The highest BCUT2D eigenvalue weighted by Crippen LogP contribution is 2.30. The van der Waals surface area contributed by atoms with Crippen LogP contribution in [-0.4, -0.2) is 9.91 Å². The maximum absolute atomic E-state index is 10.9. The number of nitro groups is 1. The Morgan fingerprint density at radius 1 is 1.06 bits per heavy atom. The minimum atomic E-state index is -0.448. The zero-order chi connectivity index (χ0) is 23.7. The Kier molecular flexibility index (Phi) is 5.83. The third-order valence-electron chi connectivity index (χ3n) is 5.16. The third kappa shape index (κ3) is 4.54. The summed E-state index contributed by atoms with van der Waals surface area (Å²) >= 11 is 7.68. The van der Waals surface area contributed by atoms with E-state index in [1.165, 1.54) is 29.0 Å². The second-order valence-electron chi connectivity index (χ2n) is 7.58. The molecule has 2 aromatic heterocycles. The van der Waals surface area contributed by atoms with Gasteiger partial charge in [0.25, 0.3) is 5.69 Å². The summed E-state index contributed by atoms with van der Waals surface area (Å²) in [6.07, 6.45) is 0. The molecular formula is C25H17ClN4O3S. The number of benzene rings is 3. The normalized spacial score (nSPS) is 11.6. The standard InChI is InChI=1S/C25H17ClN4O3S/c1-15-2-4-16(5-3-15)22-14-34-25(27-22)21-13-17-12-18(26)6-11-23(17)33-24(21)29-28-19-7-9-20(10-8-19)30(31)32/h2-14,28H,1H3. The number of aryl methyl sites for hydroxylation is 1. The summed E-state index contributed by atoms with van der Waals surface area (Å²) in [5, 5.41) is 19.5. The maximum atomic E-state index is 10.9. The van der Waals surface area contributed by atoms with E-state index in [0.29, 0.717) is 27.4 Å². The lowest BCUT2D eigenvalue weighted by molar-refractivity contribution is -0.384. The molecule has 168 valence electrons. The Bertz CT molecular complexity index is 1580. The Hall–Kier alpha value is -4.01. The molecule has 0 saturated carbocycles. The fourth-order valence-electron chi connectivity index (χ4n) is 3.37. The molecule has 0 unspecified atom stereocenters. The first-order valence-corrected chi connectivity index (χ1v) is 11.5. The van der Waals surface area contributed by atoms with Gasteiger partial charge in [-0.1, -0.05) is 41.4 Å². The van der Waals surface area contributed by atoms with Gasteiger partial charge in [-0.15, -0.1) is 16.4 Å². The molecule has 0 amide bonds. The minimum absolute atomic E-state index is 0.00457. The smallest absolute Gasteiger partial charge is 0.269 e. The third-order valence-corrected chi connectivity index (χ3v) is 6.27. The van der Waals surface area contributed by atoms with Crippen molar-refractivity contribution in [3.8, 4) is 21.8 Å². The van der Waals surface area contributed by atoms with Gasteiger partial charge in [0.15, 0.2) is 0 Å². The van der Waals surface area contributed by atoms with Gasteiger partial charge in [0.1, 0.15) is 10.6 Å². The number of fused-ring (bicyclic) bond motifs is 1. The quantitative estimate of drug-likeness (QED) is 0.212. The van der Waals surface area contributed by atoms with Crippen LogP contribution in [0.2, 0.25) is 5.02 Å². The molecule has 5 aromatic rings. The molecule has 9 heteroatoms. The van der Waals surface area contributed by atoms with Crippen molar-refractivity contribution in [2.45, 2.75) is 6.92 Å². The molecular weight excluding hydrogens is 472 g/mol. The highest BCUT2D eigenvalue weighted by Gasteiger charge is 2.13. The SMILES string of the molecule is Cc1ccc(-c2csc(-c3cc4cc(Cl)ccc4oc3=NNc3ccc([N+](=O)[O-])cc3)n2)cc1. The van der Waals surface area contributed by atoms with E-state index in [4.69, 9.17) is 21.0 Å². The van der Waals surface area contributed by atoms with Crippen molar-refractivity contribution in [1.82, 2.24) is 4.98 Å². The van der Waals surface area contributed by atoms with Crippen LogP contribution in [0, 0.1) is 17.0 Å². The zero-order valence-corrected chi connectivity index (χ0v) is 19.4. The number of hydrogen-bond donors (Lipinski definition) is 1. The Morgan fingerprint density at radius 3 is 2.56 bits per heavy atom. The summed E-state index contributed by atoms with van der Waals surface area (Å²) in [5.41, 5.74) is 8.23. The average molecular weight is 489 g/mol. The topological polar surface area (TPSA) is 93.6 Å². The summed E-state index contributed by atoms with van der Waals surface area (Å²) in [6.45, 7) is 2.05. The van der Waals surface area contributed by atoms with Crippen LogP contribution in [-0.2, 0) is 0 Å². The summed E-state index contributed by atoms with van der Waals surface area (Å²) in [6, 6.07) is 21.5. The lowest BCUT2D eigenvalue weighted by Gasteiger charge is -2.04. The first-order chi connectivity index (χ1) is 16.5. The number of anilines is 1. The Balaban J connectivity index is 1.58. The van der Waals surface area contributed by atoms with Crippen molar-refractivity contribution in [2.24, 2.45) is 5.10 Å². The van der Waals surface area contributed by atoms with Gasteiger partial charge in [0.05, 0.1) is 21.9 Å². The van der Waals surface area contributed by atoms with E-state index in [1.54, 1.807) is 24.3 Å². The monoisotopic (exact) mass is 488 g/mol. The number of nitrogens with one attached hydrogen (secondary N) is 1. The number of halogens is 1. The van der Waals surface area contributed by atoms with Crippen LogP contribution in [0.1, 0.15) is 5.56 Å². The number of rotatable bonds is 5. The maximum Gasteiger partial charge on any atom is 0.269 e. The predicted octanol–water partition coefficient (Wildman–Crippen LogP) is 7.02. The van der Waals surface area contributed by atoms with Gasteiger partial charge in [-0.05, 0) is 43.3 Å². The molecule has 5 rings (SSSR count). The molecule has 0 aliphatic rings. The van der Waals surface area contributed by atoms with Crippen molar-refractivity contribution in [3.05, 3.63) is 104 Å². The van der Waals surface area contributed by atoms with Crippen LogP contribution >= 0.6 is 22.9 Å². The van der Waals surface area contributed by atoms with E-state index in [9.17, 15) is 10.1 Å². The molecule has 7 nitrogen and oxygen atoms in total. The van der Waals surface area contributed by atoms with Crippen molar-refractivity contribution in [2.75, 3.05) is 5.43 Å². The number of thiazole rings is 1. The molecule has 0 saturated heterocycles. The first kappa shape index (κ1) is 21.8. The van der Waals surface area contributed by atoms with Crippen LogP contribution in [0.25, 0.3) is 32.8 Å². The number of hydrogen-bond acceptors (Lipinski definition) is 7. The summed E-state index contributed by atoms with van der Waals surface area (Å²) < 4.78 is 6.09. The van der Waals surface area contributed by atoms with Crippen LogP contribution < -0.4 is 11.0 Å². The highest BCUT2D eigenvalue weighted by molar-refractivity contribution is 7.13. The van der Waals surface area contributed by atoms with Crippen LogP contribution in [0.15, 0.2) is 87.7 Å². The van der Waals surface area contributed by atoms with Gasteiger partial charge in [-0.3, -0.25) is 15.5 Å². The van der Waals surface area contributed by atoms with Crippen molar-refractivity contribution in [3.63, 3.8) is 0 Å². The minimum Gasteiger partial charge on any atom is -0.436 e. The number of nitrogens with zero attached hydrogens (tertiary/aromatic N) is 3. The zero-order valence-electron chi connectivity index (χ0n) is 17.9. The van der Waals surface area contributed by atoms with Gasteiger partial charge >= 0.3 is 0 Å². The van der Waals surface area contributed by atoms with Crippen molar-refractivity contribution >= 4 is 45.3 Å². The largest absolute Gasteiger partial charge is 0.436 e. The summed E-state index contributed by atoms with van der Waals surface area (Å²) in [5.74, 6) is 0. The van der Waals surface area contributed by atoms with Crippen LogP contribution in [0.3, 0.4) is 0 Å². The molecule has 0 aliphatic heterocycles. The fourth-order valence-corrected chi connectivity index (χ4v) is 4.38. The molecule has 3 aromatic carbocycles. The van der Waals surface area contributed by atoms with Gasteiger partial charge in [0.2, 0.25) is 5.55 Å². The van der Waals surface area contributed by atoms with E-state index in [-0.39, 0.29) is 5.69 Å². The van der Waals surface area contributed by atoms with Gasteiger partial charge < -0.3 is 4.42 Å². The Labute approximate surface area is 203 Å². The van der Waals surface area contributed by atoms with Gasteiger partial charge in [0, 0.05) is 33.5 Å². The lowest BCUT2D eigenvalue weighted by Crippen LogP contribution is -2.09. The second-order valence-corrected chi connectivity index (χ2v) is 8.87. The van der Waals surface area contributed by atoms with Crippen LogP contribution in [0.4, 0.5) is 11.4 Å². The fraction of sp³-hybridized carbons (Fsp3) is 0.0400. The molecule has 0 aliphatic carbocycles.